The minimum absolute atomic E-state index is 0.00907. The number of phenolic OH excluding ortho intramolecular Hbond substituents is 1. The molecule has 1 heterocycles. The fourth-order valence-corrected chi connectivity index (χ4v) is 3.83. The van der Waals surface area contributed by atoms with Gasteiger partial charge in [-0.05, 0) is 43.4 Å². The maximum absolute atomic E-state index is 12.8. The highest BCUT2D eigenvalue weighted by Crippen LogP contribution is 2.34. The van der Waals surface area contributed by atoms with Crippen molar-refractivity contribution in [3.05, 3.63) is 23.8 Å². The number of nitrogens with one attached hydrogen (secondary N) is 1. The van der Waals surface area contributed by atoms with Gasteiger partial charge in [-0.2, -0.15) is 0 Å². The Bertz CT molecular complexity index is 740. The fourth-order valence-electron chi connectivity index (χ4n) is 3.83. The summed E-state index contributed by atoms with van der Waals surface area (Å²) in [5.41, 5.74) is 1.07. The first kappa shape index (κ1) is 19.2. The molecule has 2 aliphatic rings. The predicted molar refractivity (Wildman–Crippen MR) is 100 cm³/mol. The minimum Gasteiger partial charge on any atom is -0.504 e. The number of urea groups is 1. The molecule has 0 radical (unpaired) electrons. The van der Waals surface area contributed by atoms with Crippen molar-refractivity contribution in [2.45, 2.75) is 45.1 Å². The van der Waals surface area contributed by atoms with Crippen molar-refractivity contribution in [3.8, 4) is 11.5 Å². The van der Waals surface area contributed by atoms with E-state index in [1.165, 1.54) is 32.4 Å². The molecule has 0 bridgehead atoms. The van der Waals surface area contributed by atoms with Crippen LogP contribution in [0, 0.1) is 11.8 Å². The zero-order chi connectivity index (χ0) is 19.4. The minimum atomic E-state index is -0.708. The maximum atomic E-state index is 12.8. The summed E-state index contributed by atoms with van der Waals surface area (Å²) in [6, 6.07) is 3.62. The van der Waals surface area contributed by atoms with Gasteiger partial charge in [0.15, 0.2) is 11.5 Å². The summed E-state index contributed by atoms with van der Waals surface area (Å²) in [5.74, 6) is -0.425. The topological polar surface area (TPSA) is 97.2 Å². The van der Waals surface area contributed by atoms with Crippen LogP contribution < -0.4 is 10.1 Å². The van der Waals surface area contributed by atoms with Crippen molar-refractivity contribution in [2.75, 3.05) is 13.7 Å². The van der Waals surface area contributed by atoms with Gasteiger partial charge in [-0.15, -0.1) is 0 Å². The first-order chi connectivity index (χ1) is 13.0. The summed E-state index contributed by atoms with van der Waals surface area (Å²) in [7, 11) is 1.45. The van der Waals surface area contributed by atoms with E-state index < -0.39 is 18.0 Å². The zero-order valence-electron chi connectivity index (χ0n) is 15.7. The van der Waals surface area contributed by atoms with Crippen molar-refractivity contribution in [1.82, 2.24) is 5.32 Å². The molecule has 0 aromatic heterocycles. The van der Waals surface area contributed by atoms with Gasteiger partial charge in [0, 0.05) is 5.71 Å². The van der Waals surface area contributed by atoms with Gasteiger partial charge in [-0.25, -0.2) is 9.79 Å². The molecule has 2 amide bonds. The van der Waals surface area contributed by atoms with Crippen LogP contribution in [0.25, 0.3) is 0 Å². The standard InChI is InChI=1S/C20H26N2O5/c1-12-17(19(24)27-11-13-6-4-3-5-7-13)18(22-20(25)21-12)14-8-9-15(23)16(10-14)26-2/h8-10,13,17-18,23H,3-7,11H2,1-2H3,(H,22,25). The first-order valence-electron chi connectivity index (χ1n) is 9.39. The molecule has 2 unspecified atom stereocenters. The van der Waals surface area contributed by atoms with Crippen molar-refractivity contribution >= 4 is 17.7 Å². The van der Waals surface area contributed by atoms with Crippen LogP contribution in [0.2, 0.25) is 0 Å². The molecule has 2 atom stereocenters. The van der Waals surface area contributed by atoms with Crippen LogP contribution in [0.5, 0.6) is 11.5 Å². The Hall–Kier alpha value is -2.57. The third-order valence-corrected chi connectivity index (χ3v) is 5.34. The lowest BCUT2D eigenvalue weighted by Crippen LogP contribution is -2.44. The Morgan fingerprint density at radius 3 is 2.74 bits per heavy atom. The SMILES string of the molecule is COc1cc(C2NC(=O)N=C(C)C2C(=O)OCC2CCCCC2)ccc1O. The lowest BCUT2D eigenvalue weighted by atomic mass is 9.87. The molecule has 1 fully saturated rings. The van der Waals surface area contributed by atoms with Crippen LogP contribution in [0.1, 0.15) is 50.6 Å². The number of methoxy groups -OCH3 is 1. The summed E-state index contributed by atoms with van der Waals surface area (Å²) >= 11 is 0. The van der Waals surface area contributed by atoms with Crippen LogP contribution in [0.4, 0.5) is 4.79 Å². The molecule has 146 valence electrons. The van der Waals surface area contributed by atoms with Crippen molar-refractivity contribution < 1.29 is 24.2 Å². The number of hydrogen-bond acceptors (Lipinski definition) is 5. The Morgan fingerprint density at radius 1 is 1.30 bits per heavy atom. The van der Waals surface area contributed by atoms with E-state index in [1.807, 2.05) is 0 Å². The lowest BCUT2D eigenvalue weighted by molar-refractivity contribution is -0.148. The lowest BCUT2D eigenvalue weighted by Gasteiger charge is -2.30. The van der Waals surface area contributed by atoms with Crippen LogP contribution in [0.3, 0.4) is 0 Å². The normalized spacial score (nSPS) is 23.3. The molecular weight excluding hydrogens is 348 g/mol. The fraction of sp³-hybridized carbons (Fsp3) is 0.550. The maximum Gasteiger partial charge on any atom is 0.341 e. The Balaban J connectivity index is 1.79. The molecule has 1 saturated carbocycles. The molecule has 1 aliphatic carbocycles. The second-order valence-electron chi connectivity index (χ2n) is 7.22. The molecule has 0 saturated heterocycles. The van der Waals surface area contributed by atoms with E-state index in [0.717, 1.165) is 12.8 Å². The first-order valence-corrected chi connectivity index (χ1v) is 9.39. The number of carbonyl (C=O) groups is 2. The van der Waals surface area contributed by atoms with Gasteiger partial charge < -0.3 is 19.9 Å². The number of carbonyl (C=O) groups excluding carboxylic acids is 2. The zero-order valence-corrected chi connectivity index (χ0v) is 15.7. The molecule has 7 nitrogen and oxygen atoms in total. The molecule has 7 heteroatoms. The molecule has 2 N–H and O–H groups in total. The van der Waals surface area contributed by atoms with Crippen molar-refractivity contribution in [3.63, 3.8) is 0 Å². The summed E-state index contributed by atoms with van der Waals surface area (Å²) in [6.45, 7) is 2.07. The van der Waals surface area contributed by atoms with Crippen LogP contribution in [-0.4, -0.2) is 36.5 Å². The largest absolute Gasteiger partial charge is 0.504 e. The van der Waals surface area contributed by atoms with Gasteiger partial charge in [0.1, 0.15) is 5.92 Å². The summed E-state index contributed by atoms with van der Waals surface area (Å²) in [5, 5.41) is 12.6. The van der Waals surface area contributed by atoms with Gasteiger partial charge in [0.25, 0.3) is 0 Å². The predicted octanol–water partition coefficient (Wildman–Crippen LogP) is 3.37. The van der Waals surface area contributed by atoms with Gasteiger partial charge >= 0.3 is 12.0 Å². The third kappa shape index (κ3) is 4.40. The van der Waals surface area contributed by atoms with E-state index in [0.29, 0.717) is 23.8 Å². The Morgan fingerprint density at radius 2 is 2.04 bits per heavy atom. The Kier molecular flexibility index (Phi) is 5.98. The second-order valence-corrected chi connectivity index (χ2v) is 7.22. The number of amides is 2. The average Bonchev–Trinajstić information content (AvgIpc) is 2.66. The third-order valence-electron chi connectivity index (χ3n) is 5.34. The number of benzene rings is 1. The van der Waals surface area contributed by atoms with E-state index in [1.54, 1.807) is 19.1 Å². The highest BCUT2D eigenvalue weighted by Gasteiger charge is 2.38. The number of hydrogen-bond donors (Lipinski definition) is 2. The highest BCUT2D eigenvalue weighted by atomic mass is 16.5. The number of aliphatic imine (C=N–C) groups is 1. The number of phenols is 1. The molecule has 27 heavy (non-hydrogen) atoms. The van der Waals surface area contributed by atoms with Crippen LogP contribution in [0.15, 0.2) is 23.2 Å². The van der Waals surface area contributed by atoms with Crippen molar-refractivity contribution in [1.29, 1.82) is 0 Å². The quantitative estimate of drug-likeness (QED) is 0.770. The number of esters is 1. The van der Waals surface area contributed by atoms with Gasteiger partial charge in [-0.1, -0.05) is 25.3 Å². The van der Waals surface area contributed by atoms with Gasteiger partial charge in [-0.3, -0.25) is 4.79 Å². The second kappa shape index (κ2) is 8.41. The molecule has 1 aromatic rings. The molecule has 3 rings (SSSR count). The highest BCUT2D eigenvalue weighted by molar-refractivity contribution is 6.08. The monoisotopic (exact) mass is 374 g/mol. The van der Waals surface area contributed by atoms with E-state index in [9.17, 15) is 14.7 Å². The number of nitrogens with zero attached hydrogens (tertiary/aromatic N) is 1. The number of aromatic hydroxyl groups is 1. The summed E-state index contributed by atoms with van der Waals surface area (Å²) < 4.78 is 10.8. The van der Waals surface area contributed by atoms with E-state index in [2.05, 4.69) is 10.3 Å². The van der Waals surface area contributed by atoms with Gasteiger partial charge in [0.05, 0.1) is 19.8 Å². The van der Waals surface area contributed by atoms with E-state index >= 15 is 0 Å². The van der Waals surface area contributed by atoms with E-state index in [-0.39, 0.29) is 17.5 Å². The summed E-state index contributed by atoms with van der Waals surface area (Å²) in [4.78, 5) is 28.6. The van der Waals surface area contributed by atoms with Crippen LogP contribution in [-0.2, 0) is 9.53 Å². The van der Waals surface area contributed by atoms with Crippen LogP contribution >= 0.6 is 0 Å². The van der Waals surface area contributed by atoms with Crippen molar-refractivity contribution in [2.24, 2.45) is 16.8 Å². The Labute approximate surface area is 158 Å². The van der Waals surface area contributed by atoms with Gasteiger partial charge in [0.2, 0.25) is 0 Å². The molecule has 0 spiro atoms. The number of rotatable bonds is 5. The molecule has 1 aromatic carbocycles. The summed E-state index contributed by atoms with van der Waals surface area (Å²) in [6.07, 6.45) is 5.77. The molecule has 1 aliphatic heterocycles. The smallest absolute Gasteiger partial charge is 0.341 e. The number of ether oxygens (including phenoxy) is 2. The average molecular weight is 374 g/mol. The van der Waals surface area contributed by atoms with E-state index in [4.69, 9.17) is 9.47 Å². The molecular formula is C20H26N2O5.